The molecule has 0 aromatic carbocycles. The Morgan fingerprint density at radius 1 is 1.05 bits per heavy atom. The van der Waals surface area contributed by atoms with Gasteiger partial charge in [-0.15, -0.1) is 0 Å². The van der Waals surface area contributed by atoms with Gasteiger partial charge in [0.2, 0.25) is 0 Å². The SMILES string of the molecule is CO[C@@H]1OC[C@H]2OC(C)(C)O[C@H]2[C@H](OC(C)=O)[C@H]1OC(C)=O. The van der Waals surface area contributed by atoms with E-state index in [1.54, 1.807) is 13.8 Å². The zero-order valence-corrected chi connectivity index (χ0v) is 13.4. The van der Waals surface area contributed by atoms with Crippen LogP contribution in [0.5, 0.6) is 0 Å². The third-order valence-corrected chi connectivity index (χ3v) is 3.40. The molecule has 0 aliphatic carbocycles. The van der Waals surface area contributed by atoms with Crippen LogP contribution >= 0.6 is 0 Å². The predicted molar refractivity (Wildman–Crippen MR) is 71.7 cm³/mol. The van der Waals surface area contributed by atoms with Crippen LogP contribution in [0.3, 0.4) is 0 Å². The van der Waals surface area contributed by atoms with Crippen molar-refractivity contribution in [2.24, 2.45) is 0 Å². The molecular weight excluding hydrogens is 296 g/mol. The quantitative estimate of drug-likeness (QED) is 0.690. The molecule has 0 aromatic heterocycles. The number of hydrogen-bond donors (Lipinski definition) is 0. The van der Waals surface area contributed by atoms with Gasteiger partial charge in [-0.2, -0.15) is 0 Å². The number of hydrogen-bond acceptors (Lipinski definition) is 8. The van der Waals surface area contributed by atoms with Gasteiger partial charge in [0.05, 0.1) is 6.61 Å². The van der Waals surface area contributed by atoms with Crippen LogP contribution in [0.4, 0.5) is 0 Å². The molecule has 0 spiro atoms. The number of fused-ring (bicyclic) bond motifs is 1. The first-order chi connectivity index (χ1) is 10.2. The Morgan fingerprint density at radius 2 is 1.64 bits per heavy atom. The summed E-state index contributed by atoms with van der Waals surface area (Å²) in [5, 5.41) is 0. The van der Waals surface area contributed by atoms with E-state index in [-0.39, 0.29) is 6.61 Å². The normalized spacial score (nSPS) is 37.0. The molecule has 0 saturated carbocycles. The Kier molecular flexibility index (Phi) is 5.06. The highest BCUT2D eigenvalue weighted by Gasteiger charge is 2.54. The zero-order chi connectivity index (χ0) is 16.5. The van der Waals surface area contributed by atoms with Crippen molar-refractivity contribution >= 4 is 11.9 Å². The monoisotopic (exact) mass is 318 g/mol. The minimum atomic E-state index is -0.945. The van der Waals surface area contributed by atoms with Gasteiger partial charge in [-0.05, 0) is 13.8 Å². The summed E-state index contributed by atoms with van der Waals surface area (Å²) in [5.74, 6) is -1.91. The second-order valence-corrected chi connectivity index (χ2v) is 5.72. The summed E-state index contributed by atoms with van der Waals surface area (Å²) in [5.41, 5.74) is 0. The maximum absolute atomic E-state index is 11.5. The number of esters is 2. The molecule has 0 N–H and O–H groups in total. The highest BCUT2D eigenvalue weighted by atomic mass is 16.8. The lowest BCUT2D eigenvalue weighted by Crippen LogP contribution is -2.50. The van der Waals surface area contributed by atoms with Crippen LogP contribution in [0.25, 0.3) is 0 Å². The van der Waals surface area contributed by atoms with Crippen molar-refractivity contribution in [1.29, 1.82) is 0 Å². The van der Waals surface area contributed by atoms with Crippen molar-refractivity contribution in [3.05, 3.63) is 0 Å². The molecule has 5 atom stereocenters. The van der Waals surface area contributed by atoms with Gasteiger partial charge in [0.25, 0.3) is 0 Å². The zero-order valence-electron chi connectivity index (χ0n) is 13.4. The van der Waals surface area contributed by atoms with Crippen molar-refractivity contribution in [1.82, 2.24) is 0 Å². The van der Waals surface area contributed by atoms with Gasteiger partial charge in [-0.3, -0.25) is 9.59 Å². The molecule has 0 radical (unpaired) electrons. The van der Waals surface area contributed by atoms with Gasteiger partial charge in [0.1, 0.15) is 12.2 Å². The second-order valence-electron chi connectivity index (χ2n) is 5.72. The summed E-state index contributed by atoms with van der Waals surface area (Å²) in [6.07, 6.45) is -3.80. The fourth-order valence-electron chi connectivity index (χ4n) is 2.74. The van der Waals surface area contributed by atoms with Crippen LogP contribution < -0.4 is 0 Å². The highest BCUT2D eigenvalue weighted by molar-refractivity contribution is 5.67. The summed E-state index contributed by atoms with van der Waals surface area (Å²) in [6.45, 7) is 6.20. The molecule has 2 aliphatic rings. The molecular formula is C14H22O8. The van der Waals surface area contributed by atoms with Crippen LogP contribution in [-0.4, -0.2) is 62.1 Å². The molecule has 2 saturated heterocycles. The van der Waals surface area contributed by atoms with E-state index in [9.17, 15) is 9.59 Å². The van der Waals surface area contributed by atoms with E-state index in [2.05, 4.69) is 0 Å². The largest absolute Gasteiger partial charge is 0.455 e. The predicted octanol–water partition coefficient (Wildman–Crippen LogP) is 0.373. The van der Waals surface area contributed by atoms with Gasteiger partial charge in [-0.25, -0.2) is 0 Å². The highest BCUT2D eigenvalue weighted by Crippen LogP contribution is 2.36. The molecule has 22 heavy (non-hydrogen) atoms. The molecule has 0 bridgehead atoms. The van der Waals surface area contributed by atoms with Crippen LogP contribution in [0.15, 0.2) is 0 Å². The summed E-state index contributed by atoms with van der Waals surface area (Å²) in [4.78, 5) is 22.9. The van der Waals surface area contributed by atoms with Crippen LogP contribution in [0, 0.1) is 0 Å². The van der Waals surface area contributed by atoms with E-state index < -0.39 is 48.4 Å². The summed E-state index contributed by atoms with van der Waals surface area (Å²) in [6, 6.07) is 0. The Hall–Kier alpha value is -1.22. The van der Waals surface area contributed by atoms with Gasteiger partial charge in [-0.1, -0.05) is 0 Å². The van der Waals surface area contributed by atoms with Gasteiger partial charge in [0, 0.05) is 21.0 Å². The summed E-state index contributed by atoms with van der Waals surface area (Å²) < 4.78 is 33.0. The standard InChI is InChI=1S/C14H22O8/c1-7(15)19-11-10-9(21-14(3,4)22-10)6-18-13(17-5)12(11)20-8(2)16/h9-13H,6H2,1-5H3/t9-,10-,11+,12-,13-/m1/s1. The average Bonchev–Trinajstić information content (AvgIpc) is 2.64. The van der Waals surface area contributed by atoms with Gasteiger partial charge < -0.3 is 28.4 Å². The average molecular weight is 318 g/mol. The summed E-state index contributed by atoms with van der Waals surface area (Å²) >= 11 is 0. The Morgan fingerprint density at radius 3 is 2.18 bits per heavy atom. The number of carbonyl (C=O) groups is 2. The third kappa shape index (κ3) is 3.75. The number of carbonyl (C=O) groups excluding carboxylic acids is 2. The lowest BCUT2D eigenvalue weighted by molar-refractivity contribution is -0.238. The first-order valence-electron chi connectivity index (χ1n) is 7.08. The van der Waals surface area contributed by atoms with E-state index in [1.165, 1.54) is 21.0 Å². The molecule has 2 rings (SSSR count). The lowest BCUT2D eigenvalue weighted by atomic mass is 10.0. The first-order valence-corrected chi connectivity index (χ1v) is 7.08. The number of rotatable bonds is 3. The van der Waals surface area contributed by atoms with Crippen LogP contribution in [0.2, 0.25) is 0 Å². The third-order valence-electron chi connectivity index (χ3n) is 3.40. The van der Waals surface area contributed by atoms with Crippen molar-refractivity contribution in [2.45, 2.75) is 64.2 Å². The molecule has 8 nitrogen and oxygen atoms in total. The maximum Gasteiger partial charge on any atom is 0.303 e. The number of ether oxygens (including phenoxy) is 6. The lowest BCUT2D eigenvalue weighted by Gasteiger charge is -2.32. The summed E-state index contributed by atoms with van der Waals surface area (Å²) in [7, 11) is 1.42. The van der Waals surface area contributed by atoms with E-state index in [0.717, 1.165) is 0 Å². The van der Waals surface area contributed by atoms with E-state index in [0.29, 0.717) is 0 Å². The van der Waals surface area contributed by atoms with Crippen molar-refractivity contribution in [2.75, 3.05) is 13.7 Å². The second kappa shape index (κ2) is 6.49. The first kappa shape index (κ1) is 17.1. The molecule has 8 heteroatoms. The Labute approximate surface area is 128 Å². The van der Waals surface area contributed by atoms with E-state index in [4.69, 9.17) is 28.4 Å². The van der Waals surface area contributed by atoms with E-state index >= 15 is 0 Å². The van der Waals surface area contributed by atoms with Gasteiger partial charge >= 0.3 is 11.9 Å². The van der Waals surface area contributed by atoms with Crippen molar-refractivity contribution in [3.63, 3.8) is 0 Å². The minimum Gasteiger partial charge on any atom is -0.455 e. The van der Waals surface area contributed by atoms with Crippen molar-refractivity contribution < 1.29 is 38.0 Å². The van der Waals surface area contributed by atoms with E-state index in [1.807, 2.05) is 0 Å². The van der Waals surface area contributed by atoms with Crippen LogP contribution in [-0.2, 0) is 38.0 Å². The topological polar surface area (TPSA) is 89.5 Å². The molecule has 0 amide bonds. The maximum atomic E-state index is 11.5. The van der Waals surface area contributed by atoms with Crippen LogP contribution in [0.1, 0.15) is 27.7 Å². The minimum absolute atomic E-state index is 0.169. The number of methoxy groups -OCH3 is 1. The Bertz CT molecular complexity index is 435. The molecule has 0 aromatic rings. The molecule has 2 heterocycles. The molecule has 0 unspecified atom stereocenters. The van der Waals surface area contributed by atoms with Gasteiger partial charge in [0.15, 0.2) is 24.3 Å². The molecule has 2 fully saturated rings. The Balaban J connectivity index is 2.32. The fourth-order valence-corrected chi connectivity index (χ4v) is 2.74. The smallest absolute Gasteiger partial charge is 0.303 e. The molecule has 126 valence electrons. The fraction of sp³-hybridized carbons (Fsp3) is 0.857. The van der Waals surface area contributed by atoms with Crippen molar-refractivity contribution in [3.8, 4) is 0 Å². The molecule has 2 aliphatic heterocycles.